The molecule has 0 saturated heterocycles. The Balaban J connectivity index is 2.61. The minimum absolute atomic E-state index is 0.0128. The molecule has 2 heterocycles. The standard InChI is InChI=1S/C9H9N5O2/c1-6-8(14(15)16)9(10)13(12-6)7-4-2-3-5-11-7/h2-5H,10H2,1H3. The van der Waals surface area contributed by atoms with Crippen molar-refractivity contribution in [3.63, 3.8) is 0 Å². The van der Waals surface area contributed by atoms with Crippen molar-refractivity contribution < 1.29 is 4.92 Å². The van der Waals surface area contributed by atoms with Gasteiger partial charge < -0.3 is 5.73 Å². The summed E-state index contributed by atoms with van der Waals surface area (Å²) in [6.07, 6.45) is 1.57. The van der Waals surface area contributed by atoms with Crippen LogP contribution in [0.15, 0.2) is 24.4 Å². The van der Waals surface area contributed by atoms with Crippen LogP contribution in [0.1, 0.15) is 5.69 Å². The molecule has 2 aromatic heterocycles. The van der Waals surface area contributed by atoms with E-state index in [-0.39, 0.29) is 17.2 Å². The smallest absolute Gasteiger partial charge is 0.333 e. The molecule has 7 nitrogen and oxygen atoms in total. The Morgan fingerprint density at radius 2 is 2.25 bits per heavy atom. The van der Waals surface area contributed by atoms with Crippen LogP contribution in [0.2, 0.25) is 0 Å². The van der Waals surface area contributed by atoms with Gasteiger partial charge in [-0.25, -0.2) is 4.98 Å². The number of nitrogens with two attached hydrogens (primary N) is 1. The first kappa shape index (κ1) is 10.1. The van der Waals surface area contributed by atoms with Gasteiger partial charge >= 0.3 is 5.69 Å². The molecule has 0 aliphatic carbocycles. The van der Waals surface area contributed by atoms with Gasteiger partial charge in [0.1, 0.15) is 5.69 Å². The highest BCUT2D eigenvalue weighted by Gasteiger charge is 2.23. The lowest BCUT2D eigenvalue weighted by atomic mass is 10.4. The number of rotatable bonds is 2. The molecule has 82 valence electrons. The fraction of sp³-hybridized carbons (Fsp3) is 0.111. The summed E-state index contributed by atoms with van der Waals surface area (Å²) in [4.78, 5) is 14.2. The molecule has 0 fully saturated rings. The summed E-state index contributed by atoms with van der Waals surface area (Å²) >= 11 is 0. The maximum atomic E-state index is 10.7. The van der Waals surface area contributed by atoms with Crippen LogP contribution in [-0.2, 0) is 0 Å². The first-order valence-corrected chi connectivity index (χ1v) is 4.52. The van der Waals surface area contributed by atoms with Crippen LogP contribution in [-0.4, -0.2) is 19.7 Å². The fourth-order valence-corrected chi connectivity index (χ4v) is 1.42. The molecule has 0 amide bonds. The molecule has 0 atom stereocenters. The number of aryl methyl sites for hydroxylation is 1. The lowest BCUT2D eigenvalue weighted by molar-refractivity contribution is -0.384. The van der Waals surface area contributed by atoms with Gasteiger partial charge in [-0.05, 0) is 19.1 Å². The van der Waals surface area contributed by atoms with E-state index < -0.39 is 4.92 Å². The van der Waals surface area contributed by atoms with Gasteiger partial charge in [0.15, 0.2) is 5.82 Å². The number of pyridine rings is 1. The average Bonchev–Trinajstić information content (AvgIpc) is 2.55. The second-order valence-corrected chi connectivity index (χ2v) is 3.18. The molecule has 0 aromatic carbocycles. The average molecular weight is 219 g/mol. The first-order valence-electron chi connectivity index (χ1n) is 4.52. The predicted molar refractivity (Wildman–Crippen MR) is 57.2 cm³/mol. The van der Waals surface area contributed by atoms with Gasteiger partial charge in [0, 0.05) is 6.20 Å². The van der Waals surface area contributed by atoms with Crippen LogP contribution in [0, 0.1) is 17.0 Å². The number of hydrogen-bond acceptors (Lipinski definition) is 5. The third-order valence-corrected chi connectivity index (χ3v) is 2.11. The molecular formula is C9H9N5O2. The molecular weight excluding hydrogens is 210 g/mol. The van der Waals surface area contributed by atoms with Crippen molar-refractivity contribution in [1.29, 1.82) is 0 Å². The normalized spacial score (nSPS) is 10.3. The Hall–Kier alpha value is -2.44. The van der Waals surface area contributed by atoms with E-state index in [1.165, 1.54) is 11.6 Å². The van der Waals surface area contributed by atoms with Gasteiger partial charge in [0.25, 0.3) is 0 Å². The lowest BCUT2D eigenvalue weighted by Gasteiger charge is -2.00. The fourth-order valence-electron chi connectivity index (χ4n) is 1.42. The molecule has 7 heteroatoms. The summed E-state index contributed by atoms with van der Waals surface area (Å²) in [7, 11) is 0. The van der Waals surface area contributed by atoms with E-state index >= 15 is 0 Å². The maximum Gasteiger partial charge on any atom is 0.333 e. The highest BCUT2D eigenvalue weighted by Crippen LogP contribution is 2.26. The monoisotopic (exact) mass is 219 g/mol. The highest BCUT2D eigenvalue weighted by atomic mass is 16.6. The van der Waals surface area contributed by atoms with E-state index in [1.807, 2.05) is 0 Å². The summed E-state index contributed by atoms with van der Waals surface area (Å²) in [6, 6.07) is 5.17. The number of nitrogen functional groups attached to an aromatic ring is 1. The van der Waals surface area contributed by atoms with Gasteiger partial charge in [-0.1, -0.05) is 6.07 Å². The molecule has 2 rings (SSSR count). The molecule has 0 saturated carbocycles. The zero-order valence-corrected chi connectivity index (χ0v) is 8.49. The highest BCUT2D eigenvalue weighted by molar-refractivity contribution is 5.58. The number of anilines is 1. The topological polar surface area (TPSA) is 99.9 Å². The Labute approximate surface area is 90.7 Å². The second kappa shape index (κ2) is 3.61. The molecule has 0 radical (unpaired) electrons. The van der Waals surface area contributed by atoms with Crippen molar-refractivity contribution in [2.45, 2.75) is 6.92 Å². The second-order valence-electron chi connectivity index (χ2n) is 3.18. The zero-order valence-electron chi connectivity index (χ0n) is 8.49. The van der Waals surface area contributed by atoms with Crippen LogP contribution in [0.3, 0.4) is 0 Å². The predicted octanol–water partition coefficient (Wildman–Crippen LogP) is 1.07. The number of hydrogen-bond donors (Lipinski definition) is 1. The van der Waals surface area contributed by atoms with E-state index in [0.29, 0.717) is 5.82 Å². The molecule has 0 unspecified atom stereocenters. The van der Waals surface area contributed by atoms with Gasteiger partial charge in [-0.2, -0.15) is 9.78 Å². The Morgan fingerprint density at radius 1 is 1.50 bits per heavy atom. The molecule has 0 aliphatic heterocycles. The minimum Gasteiger partial charge on any atom is -0.378 e. The summed E-state index contributed by atoms with van der Waals surface area (Å²) in [5, 5.41) is 14.7. The van der Waals surface area contributed by atoms with Gasteiger partial charge in [-0.3, -0.25) is 10.1 Å². The van der Waals surface area contributed by atoms with Crippen LogP contribution >= 0.6 is 0 Å². The van der Waals surface area contributed by atoms with E-state index in [4.69, 9.17) is 5.73 Å². The van der Waals surface area contributed by atoms with Gasteiger partial charge in [0.05, 0.1) is 4.92 Å². The molecule has 2 aromatic rings. The van der Waals surface area contributed by atoms with Gasteiger partial charge in [0.2, 0.25) is 5.82 Å². The Bertz CT molecular complexity index is 534. The third-order valence-electron chi connectivity index (χ3n) is 2.11. The first-order chi connectivity index (χ1) is 7.61. The molecule has 0 spiro atoms. The van der Waals surface area contributed by atoms with E-state index in [9.17, 15) is 10.1 Å². The molecule has 16 heavy (non-hydrogen) atoms. The van der Waals surface area contributed by atoms with Crippen molar-refractivity contribution in [2.24, 2.45) is 0 Å². The summed E-state index contributed by atoms with van der Waals surface area (Å²) in [5.74, 6) is 0.442. The maximum absolute atomic E-state index is 10.7. The quantitative estimate of drug-likeness (QED) is 0.601. The van der Waals surface area contributed by atoms with Crippen molar-refractivity contribution in [3.05, 3.63) is 40.2 Å². The minimum atomic E-state index is -0.545. The van der Waals surface area contributed by atoms with Crippen molar-refractivity contribution >= 4 is 11.5 Å². The van der Waals surface area contributed by atoms with Crippen LogP contribution in [0.5, 0.6) is 0 Å². The lowest BCUT2D eigenvalue weighted by Crippen LogP contribution is -2.04. The summed E-state index contributed by atoms with van der Waals surface area (Å²) in [5.41, 5.74) is 5.75. The van der Waals surface area contributed by atoms with Crippen molar-refractivity contribution in [3.8, 4) is 5.82 Å². The Morgan fingerprint density at radius 3 is 2.75 bits per heavy atom. The largest absolute Gasteiger partial charge is 0.378 e. The van der Waals surface area contributed by atoms with Crippen LogP contribution in [0.25, 0.3) is 5.82 Å². The SMILES string of the molecule is Cc1nn(-c2ccccn2)c(N)c1[N+](=O)[O-]. The number of aromatic nitrogens is 3. The molecule has 0 aliphatic rings. The van der Waals surface area contributed by atoms with E-state index in [0.717, 1.165) is 0 Å². The van der Waals surface area contributed by atoms with Crippen LogP contribution < -0.4 is 5.73 Å². The zero-order chi connectivity index (χ0) is 11.7. The Kier molecular flexibility index (Phi) is 2.28. The van der Waals surface area contributed by atoms with E-state index in [1.54, 1.807) is 24.4 Å². The number of nitro groups is 1. The molecule has 0 bridgehead atoms. The summed E-state index contributed by atoms with van der Waals surface area (Å²) < 4.78 is 1.26. The summed E-state index contributed by atoms with van der Waals surface area (Å²) in [6.45, 7) is 1.54. The van der Waals surface area contributed by atoms with Crippen LogP contribution in [0.4, 0.5) is 11.5 Å². The van der Waals surface area contributed by atoms with Gasteiger partial charge in [-0.15, -0.1) is 0 Å². The number of nitrogens with zero attached hydrogens (tertiary/aromatic N) is 4. The van der Waals surface area contributed by atoms with Crippen molar-refractivity contribution in [2.75, 3.05) is 5.73 Å². The van der Waals surface area contributed by atoms with Crippen molar-refractivity contribution in [1.82, 2.24) is 14.8 Å². The third kappa shape index (κ3) is 1.48. The van der Waals surface area contributed by atoms with E-state index in [2.05, 4.69) is 10.1 Å². The molecule has 2 N–H and O–H groups in total.